The molecule has 1 aliphatic rings. The molecular formula is C15H23NO2. The summed E-state index contributed by atoms with van der Waals surface area (Å²) in [5.41, 5.74) is 8.23. The molecule has 1 aliphatic carbocycles. The molecule has 3 heteroatoms. The van der Waals surface area contributed by atoms with Gasteiger partial charge in [0.15, 0.2) is 0 Å². The van der Waals surface area contributed by atoms with Gasteiger partial charge in [-0.15, -0.1) is 0 Å². The van der Waals surface area contributed by atoms with Crippen LogP contribution in [-0.4, -0.2) is 24.9 Å². The Morgan fingerprint density at radius 3 is 2.50 bits per heavy atom. The molecule has 1 aromatic carbocycles. The van der Waals surface area contributed by atoms with Gasteiger partial charge < -0.3 is 15.6 Å². The average Bonchev–Trinajstić information content (AvgIpc) is 2.39. The Labute approximate surface area is 109 Å². The summed E-state index contributed by atoms with van der Waals surface area (Å²) < 4.78 is 5.91. The van der Waals surface area contributed by atoms with Crippen LogP contribution in [0.15, 0.2) is 24.3 Å². The van der Waals surface area contributed by atoms with Crippen molar-refractivity contribution in [2.75, 3.05) is 19.8 Å². The summed E-state index contributed by atoms with van der Waals surface area (Å²) in [5, 5.41) is 8.99. The number of rotatable bonds is 4. The first kappa shape index (κ1) is 13.5. The van der Waals surface area contributed by atoms with Crippen LogP contribution in [0.2, 0.25) is 0 Å². The Bertz CT molecular complexity index is 417. The number of aliphatic hydroxyl groups excluding tert-OH is 1. The van der Waals surface area contributed by atoms with Crippen molar-refractivity contribution >= 4 is 0 Å². The zero-order chi connectivity index (χ0) is 13.2. The summed E-state index contributed by atoms with van der Waals surface area (Å²) >= 11 is 0. The fourth-order valence-corrected chi connectivity index (χ4v) is 2.92. The van der Waals surface area contributed by atoms with Crippen LogP contribution in [0.25, 0.3) is 0 Å². The lowest BCUT2D eigenvalue weighted by molar-refractivity contribution is -0.0728. The van der Waals surface area contributed by atoms with Crippen molar-refractivity contribution in [3.63, 3.8) is 0 Å². The number of aliphatic hydroxyl groups is 1. The fraction of sp³-hybridized carbons (Fsp3) is 0.600. The van der Waals surface area contributed by atoms with Crippen LogP contribution in [0.1, 0.15) is 37.8 Å². The third-order valence-corrected chi connectivity index (χ3v) is 4.10. The van der Waals surface area contributed by atoms with Crippen molar-refractivity contribution in [2.24, 2.45) is 5.73 Å². The lowest BCUT2D eigenvalue weighted by Gasteiger charge is -2.44. The predicted octanol–water partition coefficient (Wildman–Crippen LogP) is 1.92. The maximum atomic E-state index is 8.99. The zero-order valence-corrected chi connectivity index (χ0v) is 11.3. The number of fused-ring (bicyclic) bond motifs is 1. The van der Waals surface area contributed by atoms with Gasteiger partial charge in [-0.25, -0.2) is 0 Å². The number of nitrogens with two attached hydrogens (primary N) is 1. The number of hydrogen-bond acceptors (Lipinski definition) is 3. The van der Waals surface area contributed by atoms with Crippen LogP contribution in [0.4, 0.5) is 0 Å². The van der Waals surface area contributed by atoms with E-state index >= 15 is 0 Å². The molecule has 3 nitrogen and oxygen atoms in total. The first-order valence-corrected chi connectivity index (χ1v) is 6.61. The van der Waals surface area contributed by atoms with Gasteiger partial charge >= 0.3 is 0 Å². The van der Waals surface area contributed by atoms with E-state index in [-0.39, 0.29) is 12.0 Å². The van der Waals surface area contributed by atoms with E-state index < -0.39 is 5.60 Å². The molecule has 100 valence electrons. The molecule has 0 aromatic heterocycles. The molecule has 0 bridgehead atoms. The van der Waals surface area contributed by atoms with E-state index in [0.29, 0.717) is 13.2 Å². The highest BCUT2D eigenvalue weighted by Gasteiger charge is 2.42. The van der Waals surface area contributed by atoms with Gasteiger partial charge in [-0.3, -0.25) is 0 Å². The average molecular weight is 249 g/mol. The summed E-state index contributed by atoms with van der Waals surface area (Å²) in [7, 11) is 0. The zero-order valence-electron chi connectivity index (χ0n) is 11.3. The third kappa shape index (κ3) is 2.18. The first-order chi connectivity index (χ1) is 8.56. The molecule has 1 atom stereocenters. The van der Waals surface area contributed by atoms with Gasteiger partial charge in [0, 0.05) is 6.54 Å². The molecule has 0 fully saturated rings. The van der Waals surface area contributed by atoms with Crippen LogP contribution in [0, 0.1) is 0 Å². The molecule has 2 rings (SSSR count). The van der Waals surface area contributed by atoms with Gasteiger partial charge in [0.2, 0.25) is 0 Å². The molecule has 0 spiro atoms. The van der Waals surface area contributed by atoms with Crippen LogP contribution < -0.4 is 5.73 Å². The van der Waals surface area contributed by atoms with Crippen LogP contribution in [-0.2, 0) is 15.8 Å². The predicted molar refractivity (Wildman–Crippen MR) is 72.5 cm³/mol. The quantitative estimate of drug-likeness (QED) is 0.857. The smallest absolute Gasteiger partial charge is 0.106 e. The van der Waals surface area contributed by atoms with Crippen molar-refractivity contribution in [3.8, 4) is 0 Å². The van der Waals surface area contributed by atoms with E-state index in [4.69, 9.17) is 15.6 Å². The summed E-state index contributed by atoms with van der Waals surface area (Å²) in [5.74, 6) is 0. The Morgan fingerprint density at radius 2 is 1.89 bits per heavy atom. The second kappa shape index (κ2) is 5.00. The van der Waals surface area contributed by atoms with Gasteiger partial charge in [0.25, 0.3) is 0 Å². The second-order valence-electron chi connectivity index (χ2n) is 5.70. The molecule has 3 N–H and O–H groups in total. The minimum atomic E-state index is -0.422. The van der Waals surface area contributed by atoms with Gasteiger partial charge in [-0.05, 0) is 29.4 Å². The van der Waals surface area contributed by atoms with Crippen molar-refractivity contribution in [2.45, 2.75) is 37.7 Å². The normalized spacial score (nSPS) is 25.8. The summed E-state index contributed by atoms with van der Waals surface area (Å²) in [6.45, 7) is 5.36. The SMILES string of the molecule is CC1(C)CCC(CN)(OCCO)c2ccccc21. The monoisotopic (exact) mass is 249 g/mol. The first-order valence-electron chi connectivity index (χ1n) is 6.61. The molecular weight excluding hydrogens is 226 g/mol. The highest BCUT2D eigenvalue weighted by molar-refractivity contribution is 5.40. The molecule has 0 radical (unpaired) electrons. The molecule has 1 unspecified atom stereocenters. The lowest BCUT2D eigenvalue weighted by atomic mass is 9.67. The van der Waals surface area contributed by atoms with Gasteiger partial charge in [-0.2, -0.15) is 0 Å². The molecule has 0 heterocycles. The summed E-state index contributed by atoms with van der Waals surface area (Å²) in [6, 6.07) is 8.38. The lowest BCUT2D eigenvalue weighted by Crippen LogP contribution is -2.45. The maximum Gasteiger partial charge on any atom is 0.106 e. The highest BCUT2D eigenvalue weighted by atomic mass is 16.5. The van der Waals surface area contributed by atoms with Crippen molar-refractivity contribution < 1.29 is 9.84 Å². The highest BCUT2D eigenvalue weighted by Crippen LogP contribution is 2.46. The maximum absolute atomic E-state index is 8.99. The second-order valence-corrected chi connectivity index (χ2v) is 5.70. The van der Waals surface area contributed by atoms with E-state index in [9.17, 15) is 0 Å². The Balaban J connectivity index is 2.45. The molecule has 18 heavy (non-hydrogen) atoms. The van der Waals surface area contributed by atoms with E-state index in [2.05, 4.69) is 32.0 Å². The minimum absolute atomic E-state index is 0.0350. The van der Waals surface area contributed by atoms with Gasteiger partial charge in [0.1, 0.15) is 5.60 Å². The van der Waals surface area contributed by atoms with Gasteiger partial charge in [0.05, 0.1) is 13.2 Å². The Hall–Kier alpha value is -0.900. The summed E-state index contributed by atoms with van der Waals surface area (Å²) in [6.07, 6.45) is 1.96. The largest absolute Gasteiger partial charge is 0.394 e. The van der Waals surface area contributed by atoms with Crippen molar-refractivity contribution in [1.82, 2.24) is 0 Å². The minimum Gasteiger partial charge on any atom is -0.394 e. The van der Waals surface area contributed by atoms with Crippen molar-refractivity contribution in [3.05, 3.63) is 35.4 Å². The van der Waals surface area contributed by atoms with E-state index in [1.807, 2.05) is 6.07 Å². The Morgan fingerprint density at radius 1 is 1.22 bits per heavy atom. The molecule has 0 saturated carbocycles. The van der Waals surface area contributed by atoms with E-state index in [1.54, 1.807) is 0 Å². The standard InChI is InChI=1S/C15H23NO2/c1-14(2)7-8-15(11-16,18-10-9-17)13-6-4-3-5-12(13)14/h3-6,17H,7-11,16H2,1-2H3. The molecule has 0 aliphatic heterocycles. The molecule has 0 amide bonds. The fourth-order valence-electron chi connectivity index (χ4n) is 2.92. The number of benzene rings is 1. The molecule has 1 aromatic rings. The topological polar surface area (TPSA) is 55.5 Å². The van der Waals surface area contributed by atoms with E-state index in [1.165, 1.54) is 11.1 Å². The van der Waals surface area contributed by atoms with Gasteiger partial charge in [-0.1, -0.05) is 38.1 Å². The number of hydrogen-bond donors (Lipinski definition) is 2. The van der Waals surface area contributed by atoms with Crippen LogP contribution in [0.5, 0.6) is 0 Å². The van der Waals surface area contributed by atoms with Crippen LogP contribution in [0.3, 0.4) is 0 Å². The molecule has 0 saturated heterocycles. The number of ether oxygens (including phenoxy) is 1. The Kier molecular flexibility index (Phi) is 3.76. The van der Waals surface area contributed by atoms with E-state index in [0.717, 1.165) is 12.8 Å². The van der Waals surface area contributed by atoms with Crippen LogP contribution >= 0.6 is 0 Å². The third-order valence-electron chi connectivity index (χ3n) is 4.10. The van der Waals surface area contributed by atoms with Crippen molar-refractivity contribution in [1.29, 1.82) is 0 Å². The summed E-state index contributed by atoms with van der Waals surface area (Å²) in [4.78, 5) is 0.